The number of aromatic amines is 1. The SMILES string of the molecule is Cc1ccc(-c2n[nH]c3c2C(c2ccccc2)N(Cc2cccnc2)C3=O)cc1. The number of carbonyl (C=O) groups excluding carboxylic acids is 1. The Balaban J connectivity index is 1.64. The summed E-state index contributed by atoms with van der Waals surface area (Å²) >= 11 is 0. The third-order valence-corrected chi connectivity index (χ3v) is 5.38. The van der Waals surface area contributed by atoms with Gasteiger partial charge in [0.25, 0.3) is 5.91 Å². The van der Waals surface area contributed by atoms with Crippen molar-refractivity contribution in [3.8, 4) is 11.3 Å². The van der Waals surface area contributed by atoms with Gasteiger partial charge in [-0.15, -0.1) is 0 Å². The summed E-state index contributed by atoms with van der Waals surface area (Å²) in [6.45, 7) is 2.55. The summed E-state index contributed by atoms with van der Waals surface area (Å²) in [6.07, 6.45) is 3.55. The molecule has 29 heavy (non-hydrogen) atoms. The van der Waals surface area contributed by atoms with Crippen LogP contribution in [0.25, 0.3) is 11.3 Å². The molecule has 142 valence electrons. The maximum Gasteiger partial charge on any atom is 0.273 e. The summed E-state index contributed by atoms with van der Waals surface area (Å²) in [6, 6.07) is 22.1. The number of nitrogens with one attached hydrogen (secondary N) is 1. The molecule has 0 fully saturated rings. The van der Waals surface area contributed by atoms with Crippen molar-refractivity contribution in [2.45, 2.75) is 19.5 Å². The molecule has 0 saturated carbocycles. The number of nitrogens with zero attached hydrogens (tertiary/aromatic N) is 3. The van der Waals surface area contributed by atoms with E-state index in [1.807, 2.05) is 35.2 Å². The molecule has 1 aliphatic rings. The number of rotatable bonds is 4. The number of fused-ring (bicyclic) bond motifs is 1. The van der Waals surface area contributed by atoms with Crippen molar-refractivity contribution in [1.82, 2.24) is 20.1 Å². The number of aryl methyl sites for hydroxylation is 1. The van der Waals surface area contributed by atoms with Crippen LogP contribution in [0.5, 0.6) is 0 Å². The second-order valence-electron chi connectivity index (χ2n) is 7.33. The second kappa shape index (κ2) is 7.02. The predicted molar refractivity (Wildman–Crippen MR) is 111 cm³/mol. The van der Waals surface area contributed by atoms with Crippen LogP contribution in [0.15, 0.2) is 79.1 Å². The van der Waals surface area contributed by atoms with Crippen LogP contribution in [-0.4, -0.2) is 26.0 Å². The number of carbonyl (C=O) groups is 1. The molecule has 1 unspecified atom stereocenters. The Kier molecular flexibility index (Phi) is 4.21. The molecule has 0 radical (unpaired) electrons. The van der Waals surface area contributed by atoms with Crippen LogP contribution in [0.1, 0.15) is 38.8 Å². The molecule has 5 heteroatoms. The average Bonchev–Trinajstić information content (AvgIpc) is 3.30. The second-order valence-corrected chi connectivity index (χ2v) is 7.33. The molecule has 0 aliphatic carbocycles. The van der Waals surface area contributed by atoms with Crippen LogP contribution in [0.2, 0.25) is 0 Å². The summed E-state index contributed by atoms with van der Waals surface area (Å²) in [4.78, 5) is 19.4. The molecule has 5 rings (SSSR count). The Labute approximate surface area is 169 Å². The van der Waals surface area contributed by atoms with Gasteiger partial charge in [0.1, 0.15) is 5.69 Å². The topological polar surface area (TPSA) is 61.9 Å². The Hall–Kier alpha value is -3.73. The van der Waals surface area contributed by atoms with Gasteiger partial charge < -0.3 is 4.90 Å². The number of hydrogen-bond donors (Lipinski definition) is 1. The zero-order valence-electron chi connectivity index (χ0n) is 16.0. The van der Waals surface area contributed by atoms with E-state index < -0.39 is 0 Å². The fourth-order valence-corrected chi connectivity index (χ4v) is 3.96. The molecule has 1 N–H and O–H groups in total. The first-order valence-corrected chi connectivity index (χ1v) is 9.62. The number of pyridine rings is 1. The number of hydrogen-bond acceptors (Lipinski definition) is 3. The minimum Gasteiger partial charge on any atom is -0.322 e. The van der Waals surface area contributed by atoms with E-state index in [2.05, 4.69) is 58.5 Å². The third-order valence-electron chi connectivity index (χ3n) is 5.38. The first kappa shape index (κ1) is 17.4. The van der Waals surface area contributed by atoms with Gasteiger partial charge in [-0.25, -0.2) is 0 Å². The van der Waals surface area contributed by atoms with Crippen LogP contribution in [0, 0.1) is 6.92 Å². The summed E-state index contributed by atoms with van der Waals surface area (Å²) in [5.41, 5.74) is 6.60. The van der Waals surface area contributed by atoms with E-state index in [-0.39, 0.29) is 11.9 Å². The largest absolute Gasteiger partial charge is 0.322 e. The Morgan fingerprint density at radius 2 is 1.79 bits per heavy atom. The monoisotopic (exact) mass is 380 g/mol. The first-order valence-electron chi connectivity index (χ1n) is 9.62. The van der Waals surface area contributed by atoms with Gasteiger partial charge >= 0.3 is 0 Å². The lowest BCUT2D eigenvalue weighted by Gasteiger charge is -2.26. The Morgan fingerprint density at radius 1 is 1.00 bits per heavy atom. The van der Waals surface area contributed by atoms with E-state index in [1.54, 1.807) is 12.4 Å². The van der Waals surface area contributed by atoms with Crippen LogP contribution >= 0.6 is 0 Å². The highest BCUT2D eigenvalue weighted by atomic mass is 16.2. The lowest BCUT2D eigenvalue weighted by molar-refractivity contribution is 0.0730. The van der Waals surface area contributed by atoms with Gasteiger partial charge in [0.2, 0.25) is 0 Å². The smallest absolute Gasteiger partial charge is 0.273 e. The molecule has 1 atom stereocenters. The van der Waals surface area contributed by atoms with E-state index in [0.717, 1.165) is 27.9 Å². The third kappa shape index (κ3) is 3.01. The van der Waals surface area contributed by atoms with E-state index >= 15 is 0 Å². The van der Waals surface area contributed by atoms with Crippen LogP contribution in [0.3, 0.4) is 0 Å². The number of amides is 1. The summed E-state index contributed by atoms with van der Waals surface area (Å²) in [5, 5.41) is 7.53. The van der Waals surface area contributed by atoms with Gasteiger partial charge in [-0.05, 0) is 24.1 Å². The van der Waals surface area contributed by atoms with Crippen molar-refractivity contribution < 1.29 is 4.79 Å². The van der Waals surface area contributed by atoms with Gasteiger partial charge in [-0.2, -0.15) is 5.10 Å². The lowest BCUT2D eigenvalue weighted by atomic mass is 9.95. The fraction of sp³-hybridized carbons (Fsp3) is 0.125. The van der Waals surface area contributed by atoms with Crippen LogP contribution in [-0.2, 0) is 6.54 Å². The van der Waals surface area contributed by atoms with Gasteiger partial charge in [-0.1, -0.05) is 66.2 Å². The standard InChI is InChI=1S/C24H20N4O/c1-16-9-11-18(12-10-16)21-20-22(27-26-21)24(29)28(15-17-6-5-13-25-14-17)23(20)19-7-3-2-4-8-19/h2-14,23H,15H2,1H3,(H,26,27). The van der Waals surface area contributed by atoms with E-state index in [0.29, 0.717) is 12.2 Å². The van der Waals surface area contributed by atoms with Crippen molar-refractivity contribution in [1.29, 1.82) is 0 Å². The molecule has 0 saturated heterocycles. The van der Waals surface area contributed by atoms with Crippen molar-refractivity contribution in [2.24, 2.45) is 0 Å². The highest BCUT2D eigenvalue weighted by molar-refractivity contribution is 6.00. The molecular weight excluding hydrogens is 360 g/mol. The average molecular weight is 380 g/mol. The van der Waals surface area contributed by atoms with E-state index in [4.69, 9.17) is 0 Å². The van der Waals surface area contributed by atoms with Gasteiger partial charge in [0.05, 0.1) is 11.7 Å². The van der Waals surface area contributed by atoms with Gasteiger partial charge in [0, 0.05) is 30.1 Å². The Morgan fingerprint density at radius 3 is 2.52 bits per heavy atom. The zero-order chi connectivity index (χ0) is 19.8. The highest BCUT2D eigenvalue weighted by Crippen LogP contribution is 2.43. The summed E-state index contributed by atoms with van der Waals surface area (Å²) < 4.78 is 0. The van der Waals surface area contributed by atoms with Crippen LogP contribution in [0.4, 0.5) is 0 Å². The van der Waals surface area contributed by atoms with Crippen molar-refractivity contribution >= 4 is 5.91 Å². The fourth-order valence-electron chi connectivity index (χ4n) is 3.96. The first-order chi connectivity index (χ1) is 14.2. The van der Waals surface area contributed by atoms with Crippen molar-refractivity contribution in [3.05, 3.63) is 107 Å². The highest BCUT2D eigenvalue weighted by Gasteiger charge is 2.42. The summed E-state index contributed by atoms with van der Waals surface area (Å²) in [5.74, 6) is -0.0384. The molecule has 3 heterocycles. The van der Waals surface area contributed by atoms with Gasteiger partial charge in [0.15, 0.2) is 0 Å². The molecule has 1 aliphatic heterocycles. The molecule has 2 aromatic heterocycles. The number of aromatic nitrogens is 3. The number of benzene rings is 2. The van der Waals surface area contributed by atoms with Crippen molar-refractivity contribution in [2.75, 3.05) is 0 Å². The number of H-pyrrole nitrogens is 1. The maximum absolute atomic E-state index is 13.3. The molecular formula is C24H20N4O. The Bertz CT molecular complexity index is 1150. The zero-order valence-corrected chi connectivity index (χ0v) is 16.0. The van der Waals surface area contributed by atoms with E-state index in [1.165, 1.54) is 5.56 Å². The quantitative estimate of drug-likeness (QED) is 0.566. The molecule has 5 nitrogen and oxygen atoms in total. The molecule has 1 amide bonds. The maximum atomic E-state index is 13.3. The molecule has 2 aromatic carbocycles. The molecule has 0 bridgehead atoms. The van der Waals surface area contributed by atoms with Crippen LogP contribution < -0.4 is 0 Å². The van der Waals surface area contributed by atoms with E-state index in [9.17, 15) is 4.79 Å². The summed E-state index contributed by atoms with van der Waals surface area (Å²) in [7, 11) is 0. The van der Waals surface area contributed by atoms with Gasteiger partial charge in [-0.3, -0.25) is 14.9 Å². The normalized spacial score (nSPS) is 15.6. The molecule has 4 aromatic rings. The van der Waals surface area contributed by atoms with Crippen molar-refractivity contribution in [3.63, 3.8) is 0 Å². The minimum absolute atomic E-state index is 0.0384. The minimum atomic E-state index is -0.200. The predicted octanol–water partition coefficient (Wildman–Crippen LogP) is 4.53. The molecule has 0 spiro atoms. The lowest BCUT2D eigenvalue weighted by Crippen LogP contribution is -2.29.